The van der Waals surface area contributed by atoms with Crippen LogP contribution < -0.4 is 20.9 Å². The second kappa shape index (κ2) is 10.8. The summed E-state index contributed by atoms with van der Waals surface area (Å²) >= 11 is 0. The molecular formula is C25H25N3O5. The zero-order valence-corrected chi connectivity index (χ0v) is 18.4. The van der Waals surface area contributed by atoms with Crippen LogP contribution in [0, 0.1) is 13.8 Å². The van der Waals surface area contributed by atoms with Crippen LogP contribution >= 0.6 is 0 Å². The van der Waals surface area contributed by atoms with Crippen molar-refractivity contribution in [3.05, 3.63) is 94.5 Å². The quantitative estimate of drug-likeness (QED) is 0.224. The predicted molar refractivity (Wildman–Crippen MR) is 124 cm³/mol. The van der Waals surface area contributed by atoms with E-state index in [0.717, 1.165) is 22.4 Å². The number of aryl methyl sites for hydroxylation is 2. The van der Waals surface area contributed by atoms with Crippen LogP contribution in [0.3, 0.4) is 0 Å². The van der Waals surface area contributed by atoms with E-state index in [2.05, 4.69) is 5.16 Å². The zero-order chi connectivity index (χ0) is 23.8. The monoisotopic (exact) mass is 447 g/mol. The highest BCUT2D eigenvalue weighted by molar-refractivity contribution is 5.98. The van der Waals surface area contributed by atoms with Gasteiger partial charge in [0, 0.05) is 5.56 Å². The van der Waals surface area contributed by atoms with Gasteiger partial charge in [-0.25, -0.2) is 4.79 Å². The number of hydrogen-bond donors (Lipinski definition) is 2. The molecule has 0 bridgehead atoms. The molecule has 0 spiro atoms. The summed E-state index contributed by atoms with van der Waals surface area (Å²) in [6, 6.07) is 19.3. The average molecular weight is 447 g/mol. The van der Waals surface area contributed by atoms with E-state index >= 15 is 0 Å². The molecule has 0 saturated heterocycles. The summed E-state index contributed by atoms with van der Waals surface area (Å²) in [7, 11) is 0. The van der Waals surface area contributed by atoms with Gasteiger partial charge in [0.25, 0.3) is 5.91 Å². The minimum absolute atomic E-state index is 0.0171. The molecule has 0 aliphatic carbocycles. The standard InChI is InChI=1S/C25H25N3O5/c1-16-4-3-5-17(2)23(16)32-14-18-6-8-20(9-7-18)25(30)33-28-24(27)19-10-12-21(13-11-19)31-15-22(26)29/h3-13H,14-15H2,1-2H3,(H2,26,29)(H2,27,28). The number of carbonyl (C=O) groups is 2. The topological polar surface area (TPSA) is 126 Å². The molecule has 0 aliphatic heterocycles. The molecule has 0 atom stereocenters. The SMILES string of the molecule is Cc1cccc(C)c1OCc1ccc(C(=O)O/N=C(\N)c2ccc(OCC(N)=O)cc2)cc1. The first-order chi connectivity index (χ1) is 15.8. The second-order valence-corrected chi connectivity index (χ2v) is 7.34. The molecule has 170 valence electrons. The minimum Gasteiger partial charge on any atom is -0.488 e. The van der Waals surface area contributed by atoms with Crippen molar-refractivity contribution in [1.82, 2.24) is 0 Å². The van der Waals surface area contributed by atoms with Gasteiger partial charge in [-0.2, -0.15) is 0 Å². The smallest absolute Gasteiger partial charge is 0.365 e. The Morgan fingerprint density at radius 1 is 0.818 bits per heavy atom. The van der Waals surface area contributed by atoms with Crippen LogP contribution in [-0.2, 0) is 16.2 Å². The van der Waals surface area contributed by atoms with E-state index in [1.807, 2.05) is 32.0 Å². The molecule has 0 fully saturated rings. The number of benzene rings is 3. The van der Waals surface area contributed by atoms with E-state index in [-0.39, 0.29) is 12.4 Å². The molecule has 3 aromatic rings. The Morgan fingerprint density at radius 3 is 2.03 bits per heavy atom. The van der Waals surface area contributed by atoms with Gasteiger partial charge in [-0.1, -0.05) is 35.5 Å². The van der Waals surface area contributed by atoms with Crippen LogP contribution in [0.2, 0.25) is 0 Å². The van der Waals surface area contributed by atoms with E-state index in [9.17, 15) is 9.59 Å². The highest BCUT2D eigenvalue weighted by Gasteiger charge is 2.10. The highest BCUT2D eigenvalue weighted by atomic mass is 16.7. The van der Waals surface area contributed by atoms with Crippen LogP contribution in [0.1, 0.15) is 32.6 Å². The van der Waals surface area contributed by atoms with Gasteiger partial charge in [0.2, 0.25) is 0 Å². The van der Waals surface area contributed by atoms with Crippen molar-refractivity contribution in [2.45, 2.75) is 20.5 Å². The van der Waals surface area contributed by atoms with Crippen LogP contribution in [0.25, 0.3) is 0 Å². The van der Waals surface area contributed by atoms with Gasteiger partial charge >= 0.3 is 5.97 Å². The molecule has 0 saturated carbocycles. The number of amidine groups is 1. The molecular weight excluding hydrogens is 422 g/mol. The van der Waals surface area contributed by atoms with Crippen LogP contribution in [0.5, 0.6) is 11.5 Å². The van der Waals surface area contributed by atoms with Crippen LogP contribution in [0.15, 0.2) is 71.9 Å². The van der Waals surface area contributed by atoms with E-state index < -0.39 is 11.9 Å². The Bertz CT molecular complexity index is 1140. The van der Waals surface area contributed by atoms with E-state index in [1.54, 1.807) is 48.5 Å². The number of para-hydroxylation sites is 1. The van der Waals surface area contributed by atoms with Crippen LogP contribution in [0.4, 0.5) is 0 Å². The number of hydrogen-bond acceptors (Lipinski definition) is 6. The van der Waals surface area contributed by atoms with Gasteiger partial charge in [-0.3, -0.25) is 4.79 Å². The maximum absolute atomic E-state index is 12.3. The van der Waals surface area contributed by atoms with Gasteiger partial charge in [0.1, 0.15) is 18.1 Å². The Hall–Kier alpha value is -4.33. The summed E-state index contributed by atoms with van der Waals surface area (Å²) in [6.45, 7) is 4.15. The first-order valence-corrected chi connectivity index (χ1v) is 10.2. The Kier molecular flexibility index (Phi) is 7.64. The van der Waals surface area contributed by atoms with E-state index in [0.29, 0.717) is 23.5 Å². The fraction of sp³-hybridized carbons (Fsp3) is 0.160. The first-order valence-electron chi connectivity index (χ1n) is 10.2. The molecule has 1 amide bonds. The Balaban J connectivity index is 1.55. The summed E-state index contributed by atoms with van der Waals surface area (Å²) in [5, 5.41) is 3.70. The van der Waals surface area contributed by atoms with Crippen molar-refractivity contribution in [2.24, 2.45) is 16.6 Å². The molecule has 8 heteroatoms. The number of nitrogens with zero attached hydrogens (tertiary/aromatic N) is 1. The summed E-state index contributed by atoms with van der Waals surface area (Å²) in [6.07, 6.45) is 0. The Labute approximate surface area is 191 Å². The van der Waals surface area contributed by atoms with E-state index in [1.165, 1.54) is 0 Å². The third-order valence-corrected chi connectivity index (χ3v) is 4.74. The molecule has 0 radical (unpaired) electrons. The lowest BCUT2D eigenvalue weighted by Crippen LogP contribution is -2.20. The summed E-state index contributed by atoms with van der Waals surface area (Å²) in [5.74, 6) is 0.112. The van der Waals surface area contributed by atoms with Gasteiger partial charge in [0.15, 0.2) is 12.4 Å². The van der Waals surface area contributed by atoms with Crippen molar-refractivity contribution < 1.29 is 23.9 Å². The van der Waals surface area contributed by atoms with Crippen molar-refractivity contribution in [3.63, 3.8) is 0 Å². The maximum atomic E-state index is 12.3. The van der Waals surface area contributed by atoms with Gasteiger partial charge in [0.05, 0.1) is 5.56 Å². The summed E-state index contributed by atoms with van der Waals surface area (Å²) in [5.41, 5.74) is 14.8. The number of nitrogens with two attached hydrogens (primary N) is 2. The molecule has 3 rings (SSSR count). The number of amides is 1. The molecule has 3 aromatic carbocycles. The molecule has 0 heterocycles. The van der Waals surface area contributed by atoms with Gasteiger partial charge in [-0.05, 0) is 66.9 Å². The fourth-order valence-electron chi connectivity index (χ4n) is 2.99. The molecule has 0 unspecified atom stereocenters. The summed E-state index contributed by atoms with van der Waals surface area (Å²) < 4.78 is 11.1. The lowest BCUT2D eigenvalue weighted by atomic mass is 10.1. The number of carbonyl (C=O) groups excluding carboxylic acids is 2. The normalized spacial score (nSPS) is 11.0. The third-order valence-electron chi connectivity index (χ3n) is 4.74. The van der Waals surface area contributed by atoms with Gasteiger partial charge < -0.3 is 25.8 Å². The van der Waals surface area contributed by atoms with Crippen molar-refractivity contribution in [2.75, 3.05) is 6.61 Å². The third kappa shape index (κ3) is 6.57. The number of oxime groups is 1. The Morgan fingerprint density at radius 2 is 1.42 bits per heavy atom. The molecule has 4 N–H and O–H groups in total. The zero-order valence-electron chi connectivity index (χ0n) is 18.4. The van der Waals surface area contributed by atoms with Gasteiger partial charge in [-0.15, -0.1) is 0 Å². The highest BCUT2D eigenvalue weighted by Crippen LogP contribution is 2.23. The summed E-state index contributed by atoms with van der Waals surface area (Å²) in [4.78, 5) is 28.0. The first kappa shape index (κ1) is 23.3. The van der Waals surface area contributed by atoms with Crippen LogP contribution in [-0.4, -0.2) is 24.3 Å². The van der Waals surface area contributed by atoms with Crippen molar-refractivity contribution in [3.8, 4) is 11.5 Å². The molecule has 0 aliphatic rings. The maximum Gasteiger partial charge on any atom is 0.365 e. The largest absolute Gasteiger partial charge is 0.488 e. The molecule has 8 nitrogen and oxygen atoms in total. The molecule has 0 aromatic heterocycles. The number of ether oxygens (including phenoxy) is 2. The second-order valence-electron chi connectivity index (χ2n) is 7.34. The lowest BCUT2D eigenvalue weighted by molar-refractivity contribution is -0.119. The van der Waals surface area contributed by atoms with Crippen molar-refractivity contribution in [1.29, 1.82) is 0 Å². The lowest BCUT2D eigenvalue weighted by Gasteiger charge is -2.12. The fourth-order valence-corrected chi connectivity index (χ4v) is 2.99. The molecule has 33 heavy (non-hydrogen) atoms. The van der Waals surface area contributed by atoms with E-state index in [4.69, 9.17) is 25.8 Å². The number of rotatable bonds is 9. The van der Waals surface area contributed by atoms with Crippen molar-refractivity contribution >= 4 is 17.7 Å². The minimum atomic E-state index is -0.637. The average Bonchev–Trinajstić information content (AvgIpc) is 2.81. The predicted octanol–water partition coefficient (Wildman–Crippen LogP) is 3.22. The number of primary amides is 1.